The van der Waals surface area contributed by atoms with Crippen LogP contribution in [0, 0.1) is 23.8 Å². The van der Waals surface area contributed by atoms with Crippen molar-refractivity contribution in [3.63, 3.8) is 0 Å². The lowest BCUT2D eigenvalue weighted by Gasteiger charge is -2.38. The lowest BCUT2D eigenvalue weighted by atomic mass is 9.78. The van der Waals surface area contributed by atoms with Crippen LogP contribution in [0.2, 0.25) is 0 Å². The van der Waals surface area contributed by atoms with Crippen LogP contribution in [0.3, 0.4) is 0 Å². The van der Waals surface area contributed by atoms with E-state index in [0.29, 0.717) is 37.4 Å². The molecule has 12 heteroatoms. The first-order valence-electron chi connectivity index (χ1n) is 12.7. The molecule has 2 heterocycles. The number of anilines is 1. The van der Waals surface area contributed by atoms with Crippen LogP contribution >= 0.6 is 0 Å². The highest BCUT2D eigenvalue weighted by molar-refractivity contribution is 6.12. The molecule has 0 spiro atoms. The zero-order valence-electron chi connectivity index (χ0n) is 22.2. The summed E-state index contributed by atoms with van der Waals surface area (Å²) in [7, 11) is 0. The van der Waals surface area contributed by atoms with E-state index in [9.17, 15) is 32.8 Å². The average molecular weight is 566 g/mol. The summed E-state index contributed by atoms with van der Waals surface area (Å²) in [5.41, 5.74) is -0.410. The fraction of sp³-hybridized carbons (Fsp3) is 0.345. The van der Waals surface area contributed by atoms with Crippen LogP contribution in [0.5, 0.6) is 0 Å². The van der Waals surface area contributed by atoms with Crippen LogP contribution in [0.25, 0.3) is 4.85 Å². The van der Waals surface area contributed by atoms with E-state index in [1.165, 1.54) is 49.1 Å². The zero-order valence-corrected chi connectivity index (χ0v) is 22.2. The molecule has 41 heavy (non-hydrogen) atoms. The smallest absolute Gasteiger partial charge is 0.378 e. The monoisotopic (exact) mass is 565 g/mol. The van der Waals surface area contributed by atoms with Crippen molar-refractivity contribution in [2.24, 2.45) is 5.92 Å². The molecule has 0 saturated carbocycles. The summed E-state index contributed by atoms with van der Waals surface area (Å²) in [6, 6.07) is 11.0. The number of carbonyl (C=O) groups is 3. The standard InChI is InChI=1S/C29H26F3N5O4/c1-17(27(39)36-11-13-41-14-12-36)35-26(38)24-23(20-9-7-19(16-33)8-10-20)25(34-3)18(2)37(28(24)40)22-6-4-5-21(15-22)29(30,31)32/h4-10,15,17,23-24H,11-14H2,1-2H3,(H,35,38)/t17-,23?,24?/m0/s1. The molecule has 9 nitrogen and oxygen atoms in total. The number of hydrogen-bond donors (Lipinski definition) is 1. The maximum Gasteiger partial charge on any atom is 0.416 e. The van der Waals surface area contributed by atoms with Crippen LogP contribution in [0.15, 0.2) is 59.9 Å². The molecule has 0 bridgehead atoms. The molecule has 2 aliphatic rings. The molecule has 0 aliphatic carbocycles. The number of allylic oxidation sites excluding steroid dienone is 2. The minimum absolute atomic E-state index is 0.0287. The van der Waals surface area contributed by atoms with Crippen LogP contribution in [-0.4, -0.2) is 55.0 Å². The maximum atomic E-state index is 14.0. The normalized spacial score (nSPS) is 20.2. The third-order valence-corrected chi connectivity index (χ3v) is 7.11. The van der Waals surface area contributed by atoms with Gasteiger partial charge in [0.15, 0.2) is 5.70 Å². The Kier molecular flexibility index (Phi) is 8.45. The summed E-state index contributed by atoms with van der Waals surface area (Å²) in [4.78, 5) is 46.9. The van der Waals surface area contributed by atoms with Gasteiger partial charge in [-0.2, -0.15) is 18.4 Å². The van der Waals surface area contributed by atoms with E-state index in [1.54, 1.807) is 0 Å². The highest BCUT2D eigenvalue weighted by atomic mass is 19.4. The van der Waals surface area contributed by atoms with Crippen LogP contribution in [0.4, 0.5) is 18.9 Å². The number of rotatable bonds is 5. The molecular formula is C29H26F3N5O4. The quantitative estimate of drug-likeness (QED) is 0.438. The van der Waals surface area contributed by atoms with Gasteiger partial charge in [-0.3, -0.25) is 19.3 Å². The second-order valence-corrected chi connectivity index (χ2v) is 9.66. The zero-order chi connectivity index (χ0) is 29.9. The van der Waals surface area contributed by atoms with E-state index in [0.717, 1.165) is 23.1 Å². The topological polar surface area (TPSA) is 107 Å². The molecule has 0 aromatic heterocycles. The van der Waals surface area contributed by atoms with E-state index in [2.05, 4.69) is 10.2 Å². The lowest BCUT2D eigenvalue weighted by molar-refractivity contribution is -0.142. The summed E-state index contributed by atoms with van der Waals surface area (Å²) in [6.07, 6.45) is -4.69. The molecule has 3 amide bonds. The number of carbonyl (C=O) groups excluding carboxylic acids is 3. The SMILES string of the molecule is [C-]#[N+]C1=C(C)N(c2cccc(C(F)(F)F)c2)C(=O)C(C(=O)N[C@@H](C)C(=O)N2CCOCC2)C1c1ccc(C#N)cc1. The first kappa shape index (κ1) is 29.3. The van der Waals surface area contributed by atoms with Crippen molar-refractivity contribution in [1.29, 1.82) is 5.26 Å². The summed E-state index contributed by atoms with van der Waals surface area (Å²) in [5.74, 6) is -4.80. The minimum Gasteiger partial charge on any atom is -0.378 e. The first-order chi connectivity index (χ1) is 19.5. The largest absolute Gasteiger partial charge is 0.416 e. The van der Waals surface area contributed by atoms with Gasteiger partial charge in [0.2, 0.25) is 17.7 Å². The highest BCUT2D eigenvalue weighted by Gasteiger charge is 2.47. The first-order valence-corrected chi connectivity index (χ1v) is 12.7. The number of ether oxygens (including phenoxy) is 1. The van der Waals surface area contributed by atoms with Crippen molar-refractivity contribution >= 4 is 23.4 Å². The van der Waals surface area contributed by atoms with Crippen molar-refractivity contribution in [3.05, 3.63) is 88.0 Å². The molecular weight excluding hydrogens is 539 g/mol. The number of halogens is 3. The number of nitrogens with one attached hydrogen (secondary N) is 1. The Morgan fingerprint density at radius 2 is 1.83 bits per heavy atom. The molecule has 2 aliphatic heterocycles. The number of benzene rings is 2. The average Bonchev–Trinajstić information content (AvgIpc) is 2.96. The van der Waals surface area contributed by atoms with Gasteiger partial charge in [0.05, 0.1) is 37.0 Å². The third kappa shape index (κ3) is 5.93. The van der Waals surface area contributed by atoms with E-state index in [-0.39, 0.29) is 23.0 Å². The minimum atomic E-state index is -4.69. The predicted octanol–water partition coefficient (Wildman–Crippen LogP) is 3.84. The Morgan fingerprint density at radius 3 is 2.41 bits per heavy atom. The van der Waals surface area contributed by atoms with Gasteiger partial charge in [0.25, 0.3) is 0 Å². The Hall–Kier alpha value is -4.68. The lowest BCUT2D eigenvalue weighted by Crippen LogP contribution is -2.55. The van der Waals surface area contributed by atoms with Gasteiger partial charge in [-0.05, 0) is 49.7 Å². The number of morpholine rings is 1. The summed E-state index contributed by atoms with van der Waals surface area (Å²) >= 11 is 0. The number of nitriles is 1. The molecule has 2 unspecified atom stereocenters. The van der Waals surface area contributed by atoms with Crippen molar-refractivity contribution in [3.8, 4) is 6.07 Å². The van der Waals surface area contributed by atoms with Crippen LogP contribution < -0.4 is 10.2 Å². The Balaban J connectivity index is 1.79. The van der Waals surface area contributed by atoms with Gasteiger partial charge in [0, 0.05) is 30.4 Å². The fourth-order valence-corrected chi connectivity index (χ4v) is 5.04. The van der Waals surface area contributed by atoms with Gasteiger partial charge in [-0.25, -0.2) is 4.85 Å². The Labute approximate surface area is 234 Å². The molecule has 1 saturated heterocycles. The molecule has 2 aromatic carbocycles. The van der Waals surface area contributed by atoms with Gasteiger partial charge >= 0.3 is 6.18 Å². The van der Waals surface area contributed by atoms with Gasteiger partial charge < -0.3 is 15.0 Å². The highest BCUT2D eigenvalue weighted by Crippen LogP contribution is 2.44. The molecule has 1 N–H and O–H groups in total. The van der Waals surface area contributed by atoms with E-state index in [4.69, 9.17) is 11.3 Å². The van der Waals surface area contributed by atoms with E-state index < -0.39 is 41.4 Å². The summed E-state index contributed by atoms with van der Waals surface area (Å²) in [6.45, 7) is 12.2. The number of amides is 3. The number of nitrogens with zero attached hydrogens (tertiary/aromatic N) is 4. The van der Waals surface area contributed by atoms with E-state index in [1.807, 2.05) is 6.07 Å². The van der Waals surface area contributed by atoms with Crippen molar-refractivity contribution in [1.82, 2.24) is 10.2 Å². The fourth-order valence-electron chi connectivity index (χ4n) is 5.04. The second-order valence-electron chi connectivity index (χ2n) is 9.66. The van der Waals surface area contributed by atoms with Crippen LogP contribution in [0.1, 0.15) is 36.5 Å². The summed E-state index contributed by atoms with van der Waals surface area (Å²) < 4.78 is 45.8. The van der Waals surface area contributed by atoms with Crippen molar-refractivity contribution < 1.29 is 32.3 Å². The second kappa shape index (κ2) is 11.8. The summed E-state index contributed by atoms with van der Waals surface area (Å²) in [5, 5.41) is 11.8. The molecule has 0 radical (unpaired) electrons. The number of hydrogen-bond acceptors (Lipinski definition) is 5. The molecule has 212 valence electrons. The Morgan fingerprint density at radius 1 is 1.17 bits per heavy atom. The maximum absolute atomic E-state index is 14.0. The van der Waals surface area contributed by atoms with Gasteiger partial charge in [-0.1, -0.05) is 18.2 Å². The van der Waals surface area contributed by atoms with Crippen LogP contribution in [-0.2, 0) is 25.3 Å². The van der Waals surface area contributed by atoms with Gasteiger partial charge in [0.1, 0.15) is 12.0 Å². The van der Waals surface area contributed by atoms with Crippen molar-refractivity contribution in [2.75, 3.05) is 31.2 Å². The van der Waals surface area contributed by atoms with E-state index >= 15 is 0 Å². The predicted molar refractivity (Wildman–Crippen MR) is 141 cm³/mol. The van der Waals surface area contributed by atoms with Crippen molar-refractivity contribution in [2.45, 2.75) is 32.0 Å². The van der Waals surface area contributed by atoms with Gasteiger partial charge in [-0.15, -0.1) is 0 Å². The molecule has 4 rings (SSSR count). The molecule has 1 fully saturated rings. The Bertz CT molecular complexity index is 1470. The number of alkyl halides is 3. The molecule has 2 aromatic rings. The third-order valence-electron chi connectivity index (χ3n) is 7.11. The molecule has 3 atom stereocenters.